The summed E-state index contributed by atoms with van der Waals surface area (Å²) in [6.45, 7) is 8.87. The molecule has 0 amide bonds. The van der Waals surface area contributed by atoms with Gasteiger partial charge in [0.2, 0.25) is 0 Å². The number of rotatable bonds is 3. The first-order chi connectivity index (χ1) is 9.36. The zero-order valence-electron chi connectivity index (χ0n) is 13.1. The van der Waals surface area contributed by atoms with Crippen LogP contribution in [-0.2, 0) is 0 Å². The van der Waals surface area contributed by atoms with Gasteiger partial charge in [-0.2, -0.15) is 0 Å². The highest BCUT2D eigenvalue weighted by Crippen LogP contribution is 2.32. The lowest BCUT2D eigenvalue weighted by Crippen LogP contribution is -2.57. The van der Waals surface area contributed by atoms with E-state index in [1.165, 1.54) is 0 Å². The molecule has 110 valence electrons. The van der Waals surface area contributed by atoms with Crippen molar-refractivity contribution in [2.75, 3.05) is 38.7 Å². The molecule has 0 bridgehead atoms. The summed E-state index contributed by atoms with van der Waals surface area (Å²) in [5.74, 6) is 0.709. The highest BCUT2D eigenvalue weighted by molar-refractivity contribution is 6.02. The van der Waals surface area contributed by atoms with E-state index in [0.29, 0.717) is 11.3 Å². The molecule has 0 unspecified atom stereocenters. The van der Waals surface area contributed by atoms with Gasteiger partial charge < -0.3 is 9.64 Å². The molecule has 0 atom stereocenters. The van der Waals surface area contributed by atoms with E-state index >= 15 is 0 Å². The van der Waals surface area contributed by atoms with Gasteiger partial charge in [0.1, 0.15) is 5.75 Å². The molecule has 0 N–H and O–H groups in total. The highest BCUT2D eigenvalue weighted by atomic mass is 16.5. The van der Waals surface area contributed by atoms with Crippen molar-refractivity contribution >= 4 is 11.5 Å². The van der Waals surface area contributed by atoms with Gasteiger partial charge in [0.05, 0.1) is 18.4 Å². The summed E-state index contributed by atoms with van der Waals surface area (Å²) in [4.78, 5) is 16.6. The third-order valence-corrected chi connectivity index (χ3v) is 4.23. The molecule has 0 aliphatic carbocycles. The molecule has 1 fully saturated rings. The molecule has 1 aromatic carbocycles. The lowest BCUT2D eigenvalue weighted by molar-refractivity contribution is 0.101. The minimum Gasteiger partial charge on any atom is -0.496 e. The number of hydrogen-bond acceptors (Lipinski definition) is 4. The van der Waals surface area contributed by atoms with Crippen LogP contribution in [0.1, 0.15) is 31.1 Å². The van der Waals surface area contributed by atoms with E-state index in [4.69, 9.17) is 4.74 Å². The maximum Gasteiger partial charge on any atom is 0.165 e. The van der Waals surface area contributed by atoms with Gasteiger partial charge in [0.25, 0.3) is 0 Å². The fourth-order valence-electron chi connectivity index (χ4n) is 2.75. The number of ketones is 1. The summed E-state index contributed by atoms with van der Waals surface area (Å²) in [6.07, 6.45) is 0. The molecular weight excluding hydrogens is 252 g/mol. The third-order valence-electron chi connectivity index (χ3n) is 4.23. The molecule has 1 aromatic rings. The Hall–Kier alpha value is -1.55. The van der Waals surface area contributed by atoms with Crippen LogP contribution >= 0.6 is 0 Å². The van der Waals surface area contributed by atoms with Crippen LogP contribution in [0.3, 0.4) is 0 Å². The van der Waals surface area contributed by atoms with Crippen molar-refractivity contribution in [3.63, 3.8) is 0 Å². The number of Topliss-reactive ketones (excluding diaryl/α,β-unsaturated/α-hetero) is 1. The van der Waals surface area contributed by atoms with E-state index in [2.05, 4.69) is 30.7 Å². The number of benzene rings is 1. The molecule has 0 aromatic heterocycles. The van der Waals surface area contributed by atoms with Crippen molar-refractivity contribution in [3.8, 4) is 5.75 Å². The Bertz CT molecular complexity index is 511. The van der Waals surface area contributed by atoms with Gasteiger partial charge in [0, 0.05) is 25.2 Å². The zero-order chi connectivity index (χ0) is 14.9. The molecule has 0 spiro atoms. The first-order valence-corrected chi connectivity index (χ1v) is 7.01. The first-order valence-electron chi connectivity index (χ1n) is 7.01. The molecule has 1 aliphatic rings. The summed E-state index contributed by atoms with van der Waals surface area (Å²) < 4.78 is 5.35. The van der Waals surface area contributed by atoms with E-state index in [1.54, 1.807) is 14.0 Å². The fourth-order valence-corrected chi connectivity index (χ4v) is 2.75. The van der Waals surface area contributed by atoms with Crippen molar-refractivity contribution in [1.29, 1.82) is 0 Å². The van der Waals surface area contributed by atoms with Gasteiger partial charge in [-0.3, -0.25) is 9.69 Å². The Morgan fingerprint density at radius 3 is 2.55 bits per heavy atom. The maximum atomic E-state index is 12.0. The highest BCUT2D eigenvalue weighted by Gasteiger charge is 2.32. The Balaban J connectivity index is 2.41. The van der Waals surface area contributed by atoms with Crippen LogP contribution in [0.5, 0.6) is 5.75 Å². The van der Waals surface area contributed by atoms with Gasteiger partial charge in [-0.1, -0.05) is 6.07 Å². The van der Waals surface area contributed by atoms with Gasteiger partial charge in [0.15, 0.2) is 5.78 Å². The summed E-state index contributed by atoms with van der Waals surface area (Å²) in [5.41, 5.74) is 1.77. The van der Waals surface area contributed by atoms with Crippen LogP contribution in [0.2, 0.25) is 0 Å². The van der Waals surface area contributed by atoms with Crippen LogP contribution < -0.4 is 9.64 Å². The molecular formula is C16H24N2O2. The number of piperazine rings is 1. The number of carbonyl (C=O) groups excluding carboxylic acids is 1. The van der Waals surface area contributed by atoms with Crippen molar-refractivity contribution < 1.29 is 9.53 Å². The third kappa shape index (κ3) is 2.66. The number of likely N-dealkylation sites (N-methyl/N-ethyl adjacent to an activating group) is 1. The average Bonchev–Trinajstić information content (AvgIpc) is 2.40. The number of ether oxygens (including phenoxy) is 1. The molecule has 1 saturated heterocycles. The van der Waals surface area contributed by atoms with Gasteiger partial charge in [-0.15, -0.1) is 0 Å². The number of anilines is 1. The molecule has 4 nitrogen and oxygen atoms in total. The Labute approximate surface area is 121 Å². The van der Waals surface area contributed by atoms with E-state index in [1.807, 2.05) is 18.2 Å². The largest absolute Gasteiger partial charge is 0.496 e. The monoisotopic (exact) mass is 276 g/mol. The van der Waals surface area contributed by atoms with Crippen LogP contribution in [0.4, 0.5) is 5.69 Å². The fraction of sp³-hybridized carbons (Fsp3) is 0.562. The molecule has 4 heteroatoms. The second-order valence-corrected chi connectivity index (χ2v) is 6.07. The second kappa shape index (κ2) is 5.44. The van der Waals surface area contributed by atoms with E-state index in [9.17, 15) is 4.79 Å². The summed E-state index contributed by atoms with van der Waals surface area (Å²) >= 11 is 0. The lowest BCUT2D eigenvalue weighted by Gasteiger charge is -2.46. The van der Waals surface area contributed by atoms with E-state index in [0.717, 1.165) is 25.3 Å². The Kier molecular flexibility index (Phi) is 4.04. The number of methoxy groups -OCH3 is 1. The van der Waals surface area contributed by atoms with Crippen molar-refractivity contribution in [3.05, 3.63) is 23.8 Å². The second-order valence-electron chi connectivity index (χ2n) is 6.07. The summed E-state index contributed by atoms with van der Waals surface area (Å²) in [5, 5.41) is 0. The number of hydrogen-bond donors (Lipinski definition) is 0. The van der Waals surface area contributed by atoms with Crippen molar-refractivity contribution in [2.24, 2.45) is 0 Å². The quantitative estimate of drug-likeness (QED) is 0.794. The summed E-state index contributed by atoms with van der Waals surface area (Å²) in [6, 6.07) is 5.81. The van der Waals surface area contributed by atoms with Crippen LogP contribution in [-0.4, -0.2) is 50.0 Å². The van der Waals surface area contributed by atoms with E-state index < -0.39 is 0 Å². The van der Waals surface area contributed by atoms with Crippen molar-refractivity contribution in [2.45, 2.75) is 26.3 Å². The Morgan fingerprint density at radius 2 is 2.00 bits per heavy atom. The normalized spacial score (nSPS) is 18.9. The molecule has 1 aliphatic heterocycles. The average molecular weight is 276 g/mol. The number of nitrogens with zero attached hydrogens (tertiary/aromatic N) is 2. The van der Waals surface area contributed by atoms with Gasteiger partial charge in [-0.05, 0) is 40.0 Å². The smallest absolute Gasteiger partial charge is 0.165 e. The molecule has 20 heavy (non-hydrogen) atoms. The number of carbonyl (C=O) groups is 1. The minimum absolute atomic E-state index is 0.0502. The maximum absolute atomic E-state index is 12.0. The van der Waals surface area contributed by atoms with E-state index in [-0.39, 0.29) is 11.3 Å². The minimum atomic E-state index is 0.0502. The van der Waals surface area contributed by atoms with Crippen LogP contribution in [0, 0.1) is 0 Å². The standard InChI is InChI=1S/C16H24N2O2/c1-12(19)15-13(7-6-8-14(15)20-5)18-10-9-17(4)16(2,3)11-18/h6-8H,9-11H2,1-5H3. The predicted octanol–water partition coefficient (Wildman–Crippen LogP) is 2.43. The lowest BCUT2D eigenvalue weighted by atomic mass is 9.97. The predicted molar refractivity (Wildman–Crippen MR) is 81.9 cm³/mol. The SMILES string of the molecule is COc1cccc(N2CCN(C)C(C)(C)C2)c1C(C)=O. The molecule has 1 heterocycles. The van der Waals surface area contributed by atoms with Gasteiger partial charge in [-0.25, -0.2) is 0 Å². The zero-order valence-corrected chi connectivity index (χ0v) is 13.1. The first kappa shape index (κ1) is 14.9. The van der Waals surface area contributed by atoms with Crippen LogP contribution in [0.25, 0.3) is 0 Å². The van der Waals surface area contributed by atoms with Gasteiger partial charge >= 0.3 is 0 Å². The molecule has 0 radical (unpaired) electrons. The molecule has 2 rings (SSSR count). The summed E-state index contributed by atoms with van der Waals surface area (Å²) in [7, 11) is 3.76. The molecule has 0 saturated carbocycles. The topological polar surface area (TPSA) is 32.8 Å². The Morgan fingerprint density at radius 1 is 1.30 bits per heavy atom. The van der Waals surface area contributed by atoms with Crippen LogP contribution in [0.15, 0.2) is 18.2 Å². The van der Waals surface area contributed by atoms with Crippen molar-refractivity contribution in [1.82, 2.24) is 4.90 Å².